The van der Waals surface area contributed by atoms with Gasteiger partial charge in [0.25, 0.3) is 5.91 Å². The Kier molecular flexibility index (Phi) is 3.89. The molecule has 2 heterocycles. The summed E-state index contributed by atoms with van der Waals surface area (Å²) < 4.78 is 28.5. The molecule has 1 aromatic carbocycles. The maximum Gasteiger partial charge on any atom is 0.257 e. The molecule has 1 aromatic heterocycles. The fraction of sp³-hybridized carbons (Fsp3) is 0.333. The van der Waals surface area contributed by atoms with Crippen LogP contribution in [0, 0.1) is 11.6 Å². The van der Waals surface area contributed by atoms with Gasteiger partial charge in [0.15, 0.2) is 0 Å². The highest BCUT2D eigenvalue weighted by atomic mass is 19.1. The van der Waals surface area contributed by atoms with Crippen LogP contribution >= 0.6 is 0 Å². The summed E-state index contributed by atoms with van der Waals surface area (Å²) in [7, 11) is 1.67. The average molecular weight is 306 g/mol. The molecule has 0 atom stereocenters. The molecule has 1 amide bonds. The van der Waals surface area contributed by atoms with Gasteiger partial charge < -0.3 is 10.2 Å². The number of piperazine rings is 1. The standard InChI is InChI=1S/C15H16F2N4O/c1-20-9-12(15(22)21-6-4-18-5-7-21)14(19-20)11-3-2-10(16)8-13(11)17/h2-3,8-9,18H,4-7H2,1H3. The number of aryl methyl sites for hydroxylation is 1. The lowest BCUT2D eigenvalue weighted by molar-refractivity contribution is 0.0736. The lowest BCUT2D eigenvalue weighted by atomic mass is 10.1. The Labute approximate surface area is 126 Å². The van der Waals surface area contributed by atoms with E-state index in [-0.39, 0.29) is 17.2 Å². The monoisotopic (exact) mass is 306 g/mol. The number of aromatic nitrogens is 2. The first-order valence-electron chi connectivity index (χ1n) is 7.05. The molecule has 1 fully saturated rings. The summed E-state index contributed by atoms with van der Waals surface area (Å²) >= 11 is 0. The van der Waals surface area contributed by atoms with Crippen LogP contribution in [0.2, 0.25) is 0 Å². The van der Waals surface area contributed by atoms with Crippen molar-refractivity contribution in [1.82, 2.24) is 20.0 Å². The predicted octanol–water partition coefficient (Wildman–Crippen LogP) is 1.41. The Hall–Kier alpha value is -2.28. The van der Waals surface area contributed by atoms with Crippen molar-refractivity contribution in [2.45, 2.75) is 0 Å². The lowest BCUT2D eigenvalue weighted by Gasteiger charge is -2.27. The van der Waals surface area contributed by atoms with Crippen LogP contribution in [0.5, 0.6) is 0 Å². The van der Waals surface area contributed by atoms with Crippen LogP contribution in [0.15, 0.2) is 24.4 Å². The first kappa shape index (κ1) is 14.6. The molecule has 0 spiro atoms. The molecule has 3 rings (SSSR count). The number of rotatable bonds is 2. The van der Waals surface area contributed by atoms with Gasteiger partial charge in [-0.15, -0.1) is 0 Å². The number of hydrogen-bond donors (Lipinski definition) is 1. The number of carbonyl (C=O) groups excluding carboxylic acids is 1. The highest BCUT2D eigenvalue weighted by molar-refractivity contribution is 5.99. The molecular formula is C15H16F2N4O. The van der Waals surface area contributed by atoms with E-state index in [1.165, 1.54) is 10.7 Å². The smallest absolute Gasteiger partial charge is 0.257 e. The molecule has 22 heavy (non-hydrogen) atoms. The van der Waals surface area contributed by atoms with Crippen LogP contribution in [0.3, 0.4) is 0 Å². The molecule has 1 N–H and O–H groups in total. The van der Waals surface area contributed by atoms with Crippen LogP contribution in [0.25, 0.3) is 11.3 Å². The van der Waals surface area contributed by atoms with Crippen molar-refractivity contribution >= 4 is 5.91 Å². The zero-order valence-corrected chi connectivity index (χ0v) is 12.1. The Balaban J connectivity index is 2.00. The molecule has 1 aliphatic heterocycles. The van der Waals surface area contributed by atoms with Gasteiger partial charge in [-0.05, 0) is 12.1 Å². The summed E-state index contributed by atoms with van der Waals surface area (Å²) in [6.07, 6.45) is 1.57. The van der Waals surface area contributed by atoms with Gasteiger partial charge in [0.2, 0.25) is 0 Å². The van der Waals surface area contributed by atoms with E-state index in [0.29, 0.717) is 18.7 Å². The van der Waals surface area contributed by atoms with Gasteiger partial charge >= 0.3 is 0 Å². The lowest BCUT2D eigenvalue weighted by Crippen LogP contribution is -2.46. The Morgan fingerprint density at radius 2 is 2.00 bits per heavy atom. The van der Waals surface area contributed by atoms with Crippen LogP contribution in [0.1, 0.15) is 10.4 Å². The van der Waals surface area contributed by atoms with Gasteiger partial charge in [-0.1, -0.05) is 0 Å². The minimum atomic E-state index is -0.729. The summed E-state index contributed by atoms with van der Waals surface area (Å²) in [5.41, 5.74) is 0.693. The molecule has 116 valence electrons. The third-order valence-corrected chi connectivity index (χ3v) is 3.65. The van der Waals surface area contributed by atoms with Gasteiger partial charge in [-0.25, -0.2) is 8.78 Å². The first-order valence-corrected chi connectivity index (χ1v) is 7.05. The van der Waals surface area contributed by atoms with Gasteiger partial charge in [0.1, 0.15) is 17.3 Å². The quantitative estimate of drug-likeness (QED) is 0.913. The zero-order valence-electron chi connectivity index (χ0n) is 12.1. The van der Waals surface area contributed by atoms with E-state index in [1.54, 1.807) is 18.1 Å². The molecule has 2 aromatic rings. The largest absolute Gasteiger partial charge is 0.336 e. The van der Waals surface area contributed by atoms with E-state index < -0.39 is 11.6 Å². The van der Waals surface area contributed by atoms with E-state index in [1.807, 2.05) is 0 Å². The second-order valence-corrected chi connectivity index (χ2v) is 5.23. The molecule has 7 heteroatoms. The zero-order chi connectivity index (χ0) is 15.7. The van der Waals surface area contributed by atoms with E-state index in [2.05, 4.69) is 10.4 Å². The fourth-order valence-corrected chi connectivity index (χ4v) is 2.56. The SMILES string of the molecule is Cn1cc(C(=O)N2CCNCC2)c(-c2ccc(F)cc2F)n1. The van der Waals surface area contributed by atoms with Crippen molar-refractivity contribution < 1.29 is 13.6 Å². The third-order valence-electron chi connectivity index (χ3n) is 3.65. The molecule has 1 aliphatic rings. The molecule has 0 bridgehead atoms. The van der Waals surface area contributed by atoms with Gasteiger partial charge in [0.05, 0.1) is 5.56 Å². The van der Waals surface area contributed by atoms with Crippen molar-refractivity contribution in [3.63, 3.8) is 0 Å². The fourth-order valence-electron chi connectivity index (χ4n) is 2.56. The Morgan fingerprint density at radius 3 is 2.68 bits per heavy atom. The number of hydrogen-bond acceptors (Lipinski definition) is 3. The predicted molar refractivity (Wildman–Crippen MR) is 77.3 cm³/mol. The van der Waals surface area contributed by atoms with Crippen molar-refractivity contribution in [1.29, 1.82) is 0 Å². The van der Waals surface area contributed by atoms with E-state index in [4.69, 9.17) is 0 Å². The summed E-state index contributed by atoms with van der Waals surface area (Å²) in [5.74, 6) is -1.58. The molecule has 0 saturated carbocycles. The van der Waals surface area contributed by atoms with Crippen LogP contribution in [-0.2, 0) is 7.05 Å². The number of benzene rings is 1. The van der Waals surface area contributed by atoms with Crippen molar-refractivity contribution in [3.8, 4) is 11.3 Å². The molecule has 0 unspecified atom stereocenters. The highest BCUT2D eigenvalue weighted by Gasteiger charge is 2.25. The van der Waals surface area contributed by atoms with E-state index in [0.717, 1.165) is 25.2 Å². The second-order valence-electron chi connectivity index (χ2n) is 5.23. The normalized spacial score (nSPS) is 15.1. The average Bonchev–Trinajstić information content (AvgIpc) is 2.89. The topological polar surface area (TPSA) is 50.2 Å². The maximum absolute atomic E-state index is 14.0. The Morgan fingerprint density at radius 1 is 1.27 bits per heavy atom. The van der Waals surface area contributed by atoms with E-state index >= 15 is 0 Å². The minimum Gasteiger partial charge on any atom is -0.336 e. The van der Waals surface area contributed by atoms with Crippen LogP contribution in [-0.4, -0.2) is 46.8 Å². The molecule has 0 radical (unpaired) electrons. The number of nitrogens with zero attached hydrogens (tertiary/aromatic N) is 3. The second kappa shape index (κ2) is 5.84. The summed E-state index contributed by atoms with van der Waals surface area (Å²) in [4.78, 5) is 14.3. The van der Waals surface area contributed by atoms with Gasteiger partial charge in [-0.3, -0.25) is 9.48 Å². The highest BCUT2D eigenvalue weighted by Crippen LogP contribution is 2.26. The van der Waals surface area contributed by atoms with Crippen LogP contribution in [0.4, 0.5) is 8.78 Å². The van der Waals surface area contributed by atoms with Gasteiger partial charge in [0, 0.05) is 51.1 Å². The molecule has 5 nitrogen and oxygen atoms in total. The number of carbonyl (C=O) groups is 1. The summed E-state index contributed by atoms with van der Waals surface area (Å²) in [6.45, 7) is 2.65. The van der Waals surface area contributed by atoms with Crippen molar-refractivity contribution in [2.24, 2.45) is 7.05 Å². The number of amides is 1. The Bertz CT molecular complexity index is 708. The number of nitrogens with one attached hydrogen (secondary N) is 1. The number of halogens is 2. The van der Waals surface area contributed by atoms with Gasteiger partial charge in [-0.2, -0.15) is 5.10 Å². The van der Waals surface area contributed by atoms with E-state index in [9.17, 15) is 13.6 Å². The molecular weight excluding hydrogens is 290 g/mol. The third kappa shape index (κ3) is 2.71. The maximum atomic E-state index is 14.0. The van der Waals surface area contributed by atoms with Crippen molar-refractivity contribution in [2.75, 3.05) is 26.2 Å². The summed E-state index contributed by atoms with van der Waals surface area (Å²) in [6, 6.07) is 3.26. The minimum absolute atomic E-state index is 0.125. The molecule has 0 aliphatic carbocycles. The molecule has 1 saturated heterocycles. The van der Waals surface area contributed by atoms with Crippen molar-refractivity contribution in [3.05, 3.63) is 41.6 Å². The first-order chi connectivity index (χ1) is 10.6. The van der Waals surface area contributed by atoms with Crippen LogP contribution < -0.4 is 5.32 Å². The summed E-state index contributed by atoms with van der Waals surface area (Å²) in [5, 5.41) is 7.35.